The molecule has 1 atom stereocenters. The molecule has 3 aromatic heterocycles. The average Bonchev–Trinajstić information content (AvgIpc) is 3.82. The van der Waals surface area contributed by atoms with E-state index in [1.165, 1.54) is 6.07 Å². The Labute approximate surface area is 256 Å². The van der Waals surface area contributed by atoms with Crippen molar-refractivity contribution in [3.63, 3.8) is 0 Å². The van der Waals surface area contributed by atoms with Crippen LogP contribution >= 0.6 is 0 Å². The molecule has 0 radical (unpaired) electrons. The SMILES string of the molecule is C[C@@H]1CN(c2cc(S(=O)(=O)NC3(C)CC3)cc3c(=O)n(Cc4cnn(C)c4)c4nccn4c23)CCN1C(=O)C1(N(C)C)CC1. The van der Waals surface area contributed by atoms with E-state index >= 15 is 0 Å². The molecule has 234 valence electrons. The Balaban J connectivity index is 1.36. The van der Waals surface area contributed by atoms with Crippen molar-refractivity contribution in [3.8, 4) is 0 Å². The zero-order chi connectivity index (χ0) is 31.2. The fourth-order valence-corrected chi connectivity index (χ4v) is 8.09. The van der Waals surface area contributed by atoms with Gasteiger partial charge in [-0.1, -0.05) is 0 Å². The third-order valence-electron chi connectivity index (χ3n) is 9.64. The summed E-state index contributed by atoms with van der Waals surface area (Å²) in [6.07, 6.45) is 10.2. The van der Waals surface area contributed by atoms with Crippen molar-refractivity contribution in [1.82, 2.24) is 38.3 Å². The molecule has 3 aliphatic rings. The van der Waals surface area contributed by atoms with Gasteiger partial charge in [-0.15, -0.1) is 0 Å². The molecular formula is C30H39N9O4S. The first kappa shape index (κ1) is 29.0. The number of rotatable bonds is 8. The Morgan fingerprint density at radius 2 is 1.91 bits per heavy atom. The van der Waals surface area contributed by atoms with E-state index < -0.39 is 21.1 Å². The minimum Gasteiger partial charge on any atom is -0.366 e. The van der Waals surface area contributed by atoms with Crippen LogP contribution in [0.25, 0.3) is 16.7 Å². The first-order chi connectivity index (χ1) is 20.8. The first-order valence-electron chi connectivity index (χ1n) is 15.1. The predicted molar refractivity (Wildman–Crippen MR) is 166 cm³/mol. The van der Waals surface area contributed by atoms with Gasteiger partial charge in [0.25, 0.3) is 5.56 Å². The lowest BCUT2D eigenvalue weighted by Crippen LogP contribution is -2.59. The van der Waals surface area contributed by atoms with Gasteiger partial charge in [0.15, 0.2) is 0 Å². The van der Waals surface area contributed by atoms with Crippen LogP contribution < -0.4 is 15.2 Å². The fraction of sp³-hybridized carbons (Fsp3) is 0.533. The Hall–Kier alpha value is -3.75. The number of likely N-dealkylation sites (N-methyl/N-ethyl adjacent to an activating group) is 1. The molecule has 2 aliphatic carbocycles. The third kappa shape index (κ3) is 4.70. The van der Waals surface area contributed by atoms with Gasteiger partial charge in [0.2, 0.25) is 21.7 Å². The minimum absolute atomic E-state index is 0.0494. The van der Waals surface area contributed by atoms with E-state index in [1.54, 1.807) is 33.9 Å². The molecule has 4 heterocycles. The Morgan fingerprint density at radius 3 is 2.52 bits per heavy atom. The molecule has 0 bridgehead atoms. The van der Waals surface area contributed by atoms with Crippen LogP contribution in [-0.4, -0.2) is 98.7 Å². The second-order valence-corrected chi connectivity index (χ2v) is 14.9. The topological polar surface area (TPSA) is 130 Å². The zero-order valence-electron chi connectivity index (χ0n) is 25.8. The molecule has 1 aliphatic heterocycles. The van der Waals surface area contributed by atoms with Crippen LogP contribution in [0, 0.1) is 0 Å². The Kier molecular flexibility index (Phi) is 6.51. The molecule has 0 spiro atoms. The van der Waals surface area contributed by atoms with E-state index in [0.717, 1.165) is 31.2 Å². The van der Waals surface area contributed by atoms with E-state index in [1.807, 2.05) is 55.4 Å². The van der Waals surface area contributed by atoms with Gasteiger partial charge >= 0.3 is 0 Å². The molecule has 2 saturated carbocycles. The van der Waals surface area contributed by atoms with Crippen molar-refractivity contribution < 1.29 is 13.2 Å². The number of aryl methyl sites for hydroxylation is 1. The Bertz CT molecular complexity index is 1970. The van der Waals surface area contributed by atoms with Crippen molar-refractivity contribution in [2.75, 3.05) is 38.6 Å². The van der Waals surface area contributed by atoms with E-state index in [-0.39, 0.29) is 34.3 Å². The summed E-state index contributed by atoms with van der Waals surface area (Å²) in [6.45, 7) is 5.64. The van der Waals surface area contributed by atoms with Crippen molar-refractivity contribution >= 4 is 38.3 Å². The summed E-state index contributed by atoms with van der Waals surface area (Å²) in [5.41, 5.74) is 0.818. The van der Waals surface area contributed by atoms with Crippen molar-refractivity contribution in [2.45, 2.75) is 68.1 Å². The number of imidazole rings is 1. The molecule has 3 fully saturated rings. The van der Waals surface area contributed by atoms with Crippen LogP contribution in [0.15, 0.2) is 46.6 Å². The van der Waals surface area contributed by atoms with Gasteiger partial charge in [-0.05, 0) is 65.8 Å². The lowest BCUT2D eigenvalue weighted by atomic mass is 10.1. The van der Waals surface area contributed by atoms with Crippen LogP contribution in [-0.2, 0) is 28.4 Å². The molecule has 1 N–H and O–H groups in total. The largest absolute Gasteiger partial charge is 0.366 e. The third-order valence-corrected chi connectivity index (χ3v) is 11.3. The summed E-state index contributed by atoms with van der Waals surface area (Å²) in [4.78, 5) is 38.5. The van der Waals surface area contributed by atoms with E-state index in [2.05, 4.69) is 19.7 Å². The first-order valence-corrected chi connectivity index (χ1v) is 16.6. The number of aromatic nitrogens is 5. The molecule has 4 aromatic rings. The number of nitrogens with one attached hydrogen (secondary N) is 1. The minimum atomic E-state index is -3.92. The zero-order valence-corrected chi connectivity index (χ0v) is 26.6. The highest BCUT2D eigenvalue weighted by Gasteiger charge is 2.54. The number of carbonyl (C=O) groups is 1. The van der Waals surface area contributed by atoms with Crippen LogP contribution in [0.1, 0.15) is 45.1 Å². The highest BCUT2D eigenvalue weighted by molar-refractivity contribution is 7.89. The maximum absolute atomic E-state index is 14.2. The molecule has 1 aromatic carbocycles. The van der Waals surface area contributed by atoms with E-state index in [0.29, 0.717) is 36.6 Å². The molecule has 44 heavy (non-hydrogen) atoms. The van der Waals surface area contributed by atoms with Crippen LogP contribution in [0.5, 0.6) is 0 Å². The lowest BCUT2D eigenvalue weighted by Gasteiger charge is -2.43. The summed E-state index contributed by atoms with van der Waals surface area (Å²) in [5, 5.41) is 4.52. The number of hydrogen-bond acceptors (Lipinski definition) is 8. The van der Waals surface area contributed by atoms with Gasteiger partial charge in [0, 0.05) is 62.4 Å². The van der Waals surface area contributed by atoms with Gasteiger partial charge in [-0.2, -0.15) is 5.10 Å². The predicted octanol–water partition coefficient (Wildman–Crippen LogP) is 1.39. The average molecular weight is 622 g/mol. The lowest BCUT2D eigenvalue weighted by molar-refractivity contribution is -0.140. The van der Waals surface area contributed by atoms with Crippen LogP contribution in [0.2, 0.25) is 0 Å². The van der Waals surface area contributed by atoms with Crippen molar-refractivity contribution in [3.05, 3.63) is 52.8 Å². The number of carbonyl (C=O) groups excluding carboxylic acids is 1. The van der Waals surface area contributed by atoms with Gasteiger partial charge in [-0.25, -0.2) is 18.1 Å². The number of amides is 1. The number of nitrogens with zero attached hydrogens (tertiary/aromatic N) is 8. The molecule has 0 unspecified atom stereocenters. The number of piperazine rings is 1. The second-order valence-electron chi connectivity index (χ2n) is 13.2. The molecule has 1 amide bonds. The summed E-state index contributed by atoms with van der Waals surface area (Å²) < 4.78 is 35.4. The highest BCUT2D eigenvalue weighted by Crippen LogP contribution is 2.43. The van der Waals surface area contributed by atoms with E-state index in [9.17, 15) is 18.0 Å². The summed E-state index contributed by atoms with van der Waals surface area (Å²) in [6, 6.07) is 3.05. The number of anilines is 1. The summed E-state index contributed by atoms with van der Waals surface area (Å²) in [7, 11) is 1.80. The molecule has 14 heteroatoms. The monoisotopic (exact) mass is 621 g/mol. The molecular weight excluding hydrogens is 582 g/mol. The van der Waals surface area contributed by atoms with Gasteiger partial charge < -0.3 is 9.80 Å². The summed E-state index contributed by atoms with van der Waals surface area (Å²) >= 11 is 0. The molecule has 13 nitrogen and oxygen atoms in total. The molecule has 7 rings (SSSR count). The maximum Gasteiger partial charge on any atom is 0.263 e. The van der Waals surface area contributed by atoms with Gasteiger partial charge in [-0.3, -0.25) is 28.1 Å². The Morgan fingerprint density at radius 1 is 1.16 bits per heavy atom. The van der Waals surface area contributed by atoms with Crippen molar-refractivity contribution in [2.24, 2.45) is 7.05 Å². The fourth-order valence-electron chi connectivity index (χ4n) is 6.58. The van der Waals surface area contributed by atoms with Gasteiger partial charge in [0.05, 0.1) is 34.2 Å². The standard InChI is InChI=1S/C30H39N9O4S/c1-20-17-36(12-13-37(20)27(41)30(8-9-30)34(3)4)24-15-22(44(42,43)33-29(2)6-7-29)14-23-25(24)38-11-10-31-28(38)39(26(23)40)19-21-16-32-35(5)18-21/h10-11,14-16,18,20,33H,6-9,12-13,17,19H2,1-5H3/t20-/m1/s1. The number of sulfonamides is 1. The number of benzene rings is 1. The van der Waals surface area contributed by atoms with Crippen LogP contribution in [0.3, 0.4) is 0 Å². The van der Waals surface area contributed by atoms with Crippen molar-refractivity contribution in [1.29, 1.82) is 0 Å². The second kappa shape index (κ2) is 9.88. The quantitative estimate of drug-likeness (QED) is 0.313. The number of fused-ring (bicyclic) bond motifs is 3. The normalized spacial score (nSPS) is 21.0. The smallest absolute Gasteiger partial charge is 0.263 e. The van der Waals surface area contributed by atoms with Gasteiger partial charge in [0.1, 0.15) is 5.54 Å². The number of hydrogen-bond donors (Lipinski definition) is 1. The van der Waals surface area contributed by atoms with Crippen LogP contribution in [0.4, 0.5) is 5.69 Å². The molecule has 1 saturated heterocycles. The highest BCUT2D eigenvalue weighted by atomic mass is 32.2. The van der Waals surface area contributed by atoms with E-state index in [4.69, 9.17) is 0 Å². The maximum atomic E-state index is 14.2. The summed E-state index contributed by atoms with van der Waals surface area (Å²) in [5.74, 6) is 0.600.